The molecule has 0 radical (unpaired) electrons. The van der Waals surface area contributed by atoms with E-state index in [9.17, 15) is 9.59 Å². The van der Waals surface area contributed by atoms with Gasteiger partial charge in [-0.15, -0.1) is 0 Å². The molecule has 0 atom stereocenters. The zero-order chi connectivity index (χ0) is 29.6. The van der Waals surface area contributed by atoms with Crippen LogP contribution in [0.3, 0.4) is 0 Å². The molecule has 4 rings (SSSR count). The second kappa shape index (κ2) is 16.3. The number of aliphatic imine (C=N–C) groups is 1. The van der Waals surface area contributed by atoms with Crippen molar-refractivity contribution in [2.75, 3.05) is 6.54 Å². The summed E-state index contributed by atoms with van der Waals surface area (Å²) in [5, 5.41) is 4.31. The van der Waals surface area contributed by atoms with Crippen molar-refractivity contribution in [3.05, 3.63) is 113 Å². The van der Waals surface area contributed by atoms with E-state index in [0.717, 1.165) is 29.7 Å². The fourth-order valence-electron chi connectivity index (χ4n) is 5.40. The maximum Gasteiger partial charge on any atom is 0.251 e. The number of nitrogens with two attached hydrogens (primary N) is 1. The van der Waals surface area contributed by atoms with E-state index in [1.807, 2.05) is 72.8 Å². The molecule has 0 fully saturated rings. The maximum atomic E-state index is 13.4. The number of hydrogen-bond acceptors (Lipinski definition) is 3. The number of fused-ring (bicyclic) bond motifs is 1. The molecule has 0 saturated carbocycles. The number of primary amides is 1. The molecule has 5 heteroatoms. The summed E-state index contributed by atoms with van der Waals surface area (Å²) >= 11 is 0. The summed E-state index contributed by atoms with van der Waals surface area (Å²) in [6.07, 6.45) is 12.4. The molecule has 0 aliphatic heterocycles. The van der Waals surface area contributed by atoms with Gasteiger partial charge in [0.2, 0.25) is 5.91 Å². The van der Waals surface area contributed by atoms with E-state index < -0.39 is 5.91 Å². The van der Waals surface area contributed by atoms with Crippen molar-refractivity contribution in [3.63, 3.8) is 0 Å². The van der Waals surface area contributed by atoms with Gasteiger partial charge >= 0.3 is 0 Å². The molecule has 0 aliphatic rings. The van der Waals surface area contributed by atoms with Gasteiger partial charge in [-0.1, -0.05) is 138 Å². The lowest BCUT2D eigenvalue weighted by molar-refractivity contribution is 0.0954. The molecule has 4 aromatic rings. The SMILES string of the molecule is CCCCCCCCCCCCNC(=O)c1ccc(N=C(c2ccccc2)c2ccccc2)c2cccc(C(N)=O)c12. The Morgan fingerprint density at radius 2 is 1.21 bits per heavy atom. The van der Waals surface area contributed by atoms with E-state index in [-0.39, 0.29) is 5.91 Å². The Morgan fingerprint density at radius 1 is 0.643 bits per heavy atom. The third kappa shape index (κ3) is 8.39. The minimum atomic E-state index is -0.572. The monoisotopic (exact) mass is 561 g/mol. The molecule has 0 aromatic heterocycles. The average Bonchev–Trinajstić information content (AvgIpc) is 3.02. The van der Waals surface area contributed by atoms with Crippen LogP contribution in [0.5, 0.6) is 0 Å². The van der Waals surface area contributed by atoms with Gasteiger partial charge in [0.05, 0.1) is 11.4 Å². The number of hydrogen-bond donors (Lipinski definition) is 2. The Kier molecular flexibility index (Phi) is 11.9. The molecule has 0 bridgehead atoms. The summed E-state index contributed by atoms with van der Waals surface area (Å²) < 4.78 is 0. The van der Waals surface area contributed by atoms with Crippen molar-refractivity contribution >= 4 is 34.0 Å². The summed E-state index contributed by atoms with van der Waals surface area (Å²) in [6.45, 7) is 2.85. The summed E-state index contributed by atoms with van der Waals surface area (Å²) in [5.74, 6) is -0.775. The number of nitrogens with one attached hydrogen (secondary N) is 1. The van der Waals surface area contributed by atoms with Gasteiger partial charge < -0.3 is 11.1 Å². The van der Waals surface area contributed by atoms with Gasteiger partial charge in [0.15, 0.2) is 0 Å². The molecular formula is C37H43N3O2. The van der Waals surface area contributed by atoms with Crippen molar-refractivity contribution in [1.82, 2.24) is 5.32 Å². The molecule has 218 valence electrons. The van der Waals surface area contributed by atoms with Gasteiger partial charge in [-0.3, -0.25) is 9.59 Å². The largest absolute Gasteiger partial charge is 0.366 e. The van der Waals surface area contributed by atoms with E-state index in [1.165, 1.54) is 51.4 Å². The fourth-order valence-corrected chi connectivity index (χ4v) is 5.40. The Bertz CT molecular complexity index is 1440. The lowest BCUT2D eigenvalue weighted by Gasteiger charge is -2.14. The summed E-state index contributed by atoms with van der Waals surface area (Å²) in [5.41, 5.74) is 9.96. The van der Waals surface area contributed by atoms with Crippen LogP contribution in [0.15, 0.2) is 96.0 Å². The van der Waals surface area contributed by atoms with Crippen molar-refractivity contribution in [2.24, 2.45) is 10.7 Å². The molecule has 0 heterocycles. The smallest absolute Gasteiger partial charge is 0.251 e. The van der Waals surface area contributed by atoms with Gasteiger partial charge in [0.25, 0.3) is 5.91 Å². The first-order valence-electron chi connectivity index (χ1n) is 15.4. The molecule has 42 heavy (non-hydrogen) atoms. The highest BCUT2D eigenvalue weighted by molar-refractivity contribution is 6.19. The standard InChI is InChI=1S/C37H43N3O2/c1-2-3-4-5-6-7-8-9-10-17-27-39-37(42)32-25-26-33(30-23-18-24-31(34(30)32)36(38)41)40-35(28-19-13-11-14-20-28)29-21-15-12-16-22-29/h11-16,18-26H,2-10,17,27H2,1H3,(H2,38,41)(H,39,42). The van der Waals surface area contributed by atoms with Crippen molar-refractivity contribution in [2.45, 2.75) is 71.1 Å². The minimum absolute atomic E-state index is 0.202. The van der Waals surface area contributed by atoms with Crippen LogP contribution < -0.4 is 11.1 Å². The fraction of sp³-hybridized carbons (Fsp3) is 0.324. The van der Waals surface area contributed by atoms with Crippen LogP contribution in [0.25, 0.3) is 10.8 Å². The van der Waals surface area contributed by atoms with Gasteiger partial charge in [0, 0.05) is 39.6 Å². The maximum absolute atomic E-state index is 13.4. The van der Waals surface area contributed by atoms with Crippen molar-refractivity contribution in [1.29, 1.82) is 0 Å². The third-order valence-electron chi connectivity index (χ3n) is 7.67. The first-order chi connectivity index (χ1) is 20.6. The summed E-state index contributed by atoms with van der Waals surface area (Å²) in [7, 11) is 0. The zero-order valence-corrected chi connectivity index (χ0v) is 24.8. The predicted octanol–water partition coefficient (Wildman–Crippen LogP) is 8.76. The third-order valence-corrected chi connectivity index (χ3v) is 7.67. The number of amides is 2. The summed E-state index contributed by atoms with van der Waals surface area (Å²) in [4.78, 5) is 30.9. The summed E-state index contributed by atoms with van der Waals surface area (Å²) in [6, 6.07) is 29.0. The highest BCUT2D eigenvalue weighted by Crippen LogP contribution is 2.33. The number of carbonyl (C=O) groups excluding carboxylic acids is 2. The number of unbranched alkanes of at least 4 members (excludes halogenated alkanes) is 9. The molecule has 2 amide bonds. The number of carbonyl (C=O) groups is 2. The van der Waals surface area contributed by atoms with Crippen LogP contribution in [0, 0.1) is 0 Å². The van der Waals surface area contributed by atoms with Crippen LogP contribution in [-0.4, -0.2) is 24.1 Å². The van der Waals surface area contributed by atoms with Gasteiger partial charge in [-0.2, -0.15) is 0 Å². The van der Waals surface area contributed by atoms with Crippen LogP contribution in [0.1, 0.15) is 103 Å². The Hall–Kier alpha value is -4.25. The molecule has 0 saturated heterocycles. The zero-order valence-electron chi connectivity index (χ0n) is 24.8. The Morgan fingerprint density at radius 3 is 1.79 bits per heavy atom. The molecule has 0 aliphatic carbocycles. The lowest BCUT2D eigenvalue weighted by Crippen LogP contribution is -2.25. The van der Waals surface area contributed by atoms with E-state index in [4.69, 9.17) is 10.7 Å². The first-order valence-corrected chi connectivity index (χ1v) is 15.4. The quantitative estimate of drug-likeness (QED) is 0.106. The topological polar surface area (TPSA) is 84.6 Å². The van der Waals surface area contributed by atoms with E-state index in [0.29, 0.717) is 34.1 Å². The second-order valence-electron chi connectivity index (χ2n) is 10.9. The highest BCUT2D eigenvalue weighted by atomic mass is 16.2. The number of benzene rings is 4. The van der Waals surface area contributed by atoms with E-state index >= 15 is 0 Å². The van der Waals surface area contributed by atoms with Gasteiger partial charge in [0.1, 0.15) is 0 Å². The normalized spacial score (nSPS) is 10.9. The highest BCUT2D eigenvalue weighted by Gasteiger charge is 2.18. The van der Waals surface area contributed by atoms with Crippen LogP contribution in [0.4, 0.5) is 5.69 Å². The van der Waals surface area contributed by atoms with Crippen LogP contribution >= 0.6 is 0 Å². The van der Waals surface area contributed by atoms with E-state index in [2.05, 4.69) is 12.2 Å². The second-order valence-corrected chi connectivity index (χ2v) is 10.9. The number of rotatable bonds is 16. The lowest BCUT2D eigenvalue weighted by atomic mass is 9.96. The number of nitrogens with zero attached hydrogens (tertiary/aromatic N) is 1. The van der Waals surface area contributed by atoms with Gasteiger partial charge in [-0.25, -0.2) is 4.99 Å². The van der Waals surface area contributed by atoms with E-state index in [1.54, 1.807) is 18.2 Å². The van der Waals surface area contributed by atoms with Crippen molar-refractivity contribution < 1.29 is 9.59 Å². The molecule has 4 aromatic carbocycles. The van der Waals surface area contributed by atoms with Crippen LogP contribution in [0.2, 0.25) is 0 Å². The minimum Gasteiger partial charge on any atom is -0.366 e. The first kappa shape index (κ1) is 30.7. The average molecular weight is 562 g/mol. The Labute approximate surface area is 250 Å². The molecule has 0 unspecified atom stereocenters. The Balaban J connectivity index is 1.53. The molecular weight excluding hydrogens is 518 g/mol. The van der Waals surface area contributed by atoms with Crippen molar-refractivity contribution in [3.8, 4) is 0 Å². The predicted molar refractivity (Wildman–Crippen MR) is 175 cm³/mol. The van der Waals surface area contributed by atoms with Gasteiger partial charge in [-0.05, 0) is 24.6 Å². The molecule has 0 spiro atoms. The molecule has 3 N–H and O–H groups in total. The van der Waals surface area contributed by atoms with Crippen LogP contribution in [-0.2, 0) is 0 Å². The molecule has 5 nitrogen and oxygen atoms in total.